The molecule has 3 aromatic rings. The molecule has 1 aromatic heterocycles. The van der Waals surface area contributed by atoms with Crippen molar-refractivity contribution in [2.75, 3.05) is 0 Å². The zero-order chi connectivity index (χ0) is 22.3. The summed E-state index contributed by atoms with van der Waals surface area (Å²) in [6.07, 6.45) is 7.11. The Morgan fingerprint density at radius 2 is 1.94 bits per heavy atom. The van der Waals surface area contributed by atoms with Gasteiger partial charge in [0.25, 0.3) is 5.56 Å². The molecule has 0 saturated heterocycles. The zero-order valence-corrected chi connectivity index (χ0v) is 20.1. The third-order valence-electron chi connectivity index (χ3n) is 6.71. The van der Waals surface area contributed by atoms with Crippen LogP contribution in [0, 0.1) is 0 Å². The molecule has 0 atom stereocenters. The molecule has 1 heterocycles. The summed E-state index contributed by atoms with van der Waals surface area (Å²) >= 11 is 14.0. The lowest BCUT2D eigenvalue weighted by Gasteiger charge is -2.36. The fourth-order valence-corrected chi connectivity index (χ4v) is 6.79. The first kappa shape index (κ1) is 21.8. The van der Waals surface area contributed by atoms with Crippen molar-refractivity contribution in [2.45, 2.75) is 55.0 Å². The van der Waals surface area contributed by atoms with Gasteiger partial charge in [0.2, 0.25) is 0 Å². The Kier molecular flexibility index (Phi) is 5.96. The Bertz CT molecular complexity index is 1260. The third kappa shape index (κ3) is 3.72. The topological polar surface area (TPSA) is 34.9 Å². The number of allylic oxidation sites excluding steroid dienone is 1. The second-order valence-electron chi connectivity index (χ2n) is 8.67. The molecule has 0 amide bonds. The van der Waals surface area contributed by atoms with Gasteiger partial charge in [-0.2, -0.15) is 0 Å². The van der Waals surface area contributed by atoms with E-state index in [-0.39, 0.29) is 11.0 Å². The van der Waals surface area contributed by atoms with E-state index in [1.165, 1.54) is 17.3 Å². The second kappa shape index (κ2) is 8.74. The van der Waals surface area contributed by atoms with Crippen molar-refractivity contribution in [3.05, 3.63) is 92.2 Å². The summed E-state index contributed by atoms with van der Waals surface area (Å²) in [6.45, 7) is 4.32. The maximum absolute atomic E-state index is 13.9. The molecule has 0 aliphatic heterocycles. The van der Waals surface area contributed by atoms with Gasteiger partial charge in [-0.25, -0.2) is 4.98 Å². The Morgan fingerprint density at radius 1 is 1.16 bits per heavy atom. The van der Waals surface area contributed by atoms with Crippen LogP contribution in [0.3, 0.4) is 0 Å². The van der Waals surface area contributed by atoms with Gasteiger partial charge >= 0.3 is 0 Å². The Morgan fingerprint density at radius 3 is 2.69 bits per heavy atom. The molecule has 2 aliphatic carbocycles. The highest BCUT2D eigenvalue weighted by atomic mass is 35.5. The number of hydrogen-bond acceptors (Lipinski definition) is 3. The lowest BCUT2D eigenvalue weighted by Crippen LogP contribution is -2.40. The van der Waals surface area contributed by atoms with Gasteiger partial charge in [-0.1, -0.05) is 84.2 Å². The third-order valence-corrected chi connectivity index (χ3v) is 8.32. The molecule has 5 rings (SSSR count). The molecule has 1 saturated carbocycles. The van der Waals surface area contributed by atoms with Crippen LogP contribution >= 0.6 is 35.0 Å². The molecule has 1 fully saturated rings. The Balaban J connectivity index is 1.65. The summed E-state index contributed by atoms with van der Waals surface area (Å²) in [5.74, 6) is 0.602. The quantitative estimate of drug-likeness (QED) is 0.221. The average Bonchev–Trinajstić information content (AvgIpc) is 3.23. The second-order valence-corrected chi connectivity index (χ2v) is 10.5. The van der Waals surface area contributed by atoms with E-state index in [9.17, 15) is 4.79 Å². The number of nitrogens with zero attached hydrogens (tertiary/aromatic N) is 2. The fourth-order valence-electron chi connectivity index (χ4n) is 5.23. The van der Waals surface area contributed by atoms with E-state index in [2.05, 4.69) is 24.8 Å². The lowest BCUT2D eigenvalue weighted by atomic mass is 9.68. The molecular weight excluding hydrogens is 459 g/mol. The van der Waals surface area contributed by atoms with Crippen LogP contribution in [0.5, 0.6) is 0 Å². The van der Waals surface area contributed by atoms with Crippen LogP contribution in [0.1, 0.15) is 42.4 Å². The van der Waals surface area contributed by atoms with Crippen LogP contribution in [-0.2, 0) is 24.1 Å². The summed E-state index contributed by atoms with van der Waals surface area (Å²) in [5, 5.41) is 1.93. The van der Waals surface area contributed by atoms with Crippen LogP contribution in [0.2, 0.25) is 10.0 Å². The highest BCUT2D eigenvalue weighted by Crippen LogP contribution is 2.50. The maximum Gasteiger partial charge on any atom is 0.258 e. The van der Waals surface area contributed by atoms with E-state index in [1.54, 1.807) is 16.7 Å². The Labute approximate surface area is 202 Å². The normalized spacial score (nSPS) is 16.1. The number of rotatable bonds is 5. The van der Waals surface area contributed by atoms with Crippen molar-refractivity contribution in [1.82, 2.24) is 9.55 Å². The lowest BCUT2D eigenvalue weighted by molar-refractivity contribution is 0.418. The molecular formula is C26H24Cl2N2OS. The SMILES string of the molecule is C=CCn1c(SCc2ccc(Cl)cc2Cl)nc2c(c1=O)C1(CCCC1)Cc1ccccc1-2. The van der Waals surface area contributed by atoms with E-state index in [1.807, 2.05) is 18.2 Å². The zero-order valence-electron chi connectivity index (χ0n) is 17.7. The number of fused-ring (bicyclic) bond motifs is 4. The van der Waals surface area contributed by atoms with Gasteiger partial charge in [0, 0.05) is 33.3 Å². The first-order chi connectivity index (χ1) is 15.5. The standard InChI is InChI=1S/C26H24Cl2N2OS/c1-2-13-30-24(31)22-23(29-25(30)32-16-18-9-10-19(27)14-21(18)28)20-8-4-3-7-17(20)15-26(22)11-5-6-12-26/h2-4,7-10,14H,1,5-6,11-13,15-16H2. The van der Waals surface area contributed by atoms with Gasteiger partial charge in [-0.3, -0.25) is 9.36 Å². The van der Waals surface area contributed by atoms with Crippen molar-refractivity contribution in [3.8, 4) is 11.3 Å². The fraction of sp³-hybridized carbons (Fsp3) is 0.308. The van der Waals surface area contributed by atoms with E-state index in [0.29, 0.717) is 27.5 Å². The van der Waals surface area contributed by atoms with Crippen molar-refractivity contribution >= 4 is 35.0 Å². The minimum absolute atomic E-state index is 0.0796. The molecule has 0 N–H and O–H groups in total. The smallest absolute Gasteiger partial charge is 0.258 e. The number of benzene rings is 2. The molecule has 3 nitrogen and oxygen atoms in total. The van der Waals surface area contributed by atoms with Crippen LogP contribution in [0.4, 0.5) is 0 Å². The largest absolute Gasteiger partial charge is 0.283 e. The van der Waals surface area contributed by atoms with Gasteiger partial charge < -0.3 is 0 Å². The molecule has 2 aliphatic rings. The van der Waals surface area contributed by atoms with E-state index >= 15 is 0 Å². The van der Waals surface area contributed by atoms with Gasteiger partial charge in [0.05, 0.1) is 11.3 Å². The first-order valence-corrected chi connectivity index (χ1v) is 12.7. The van der Waals surface area contributed by atoms with Crippen LogP contribution in [-0.4, -0.2) is 9.55 Å². The minimum atomic E-state index is -0.0978. The molecule has 32 heavy (non-hydrogen) atoms. The average molecular weight is 483 g/mol. The van der Waals surface area contributed by atoms with Crippen LogP contribution in [0.15, 0.2) is 65.1 Å². The van der Waals surface area contributed by atoms with Gasteiger partial charge in [0.15, 0.2) is 5.16 Å². The molecule has 1 spiro atoms. The van der Waals surface area contributed by atoms with E-state index < -0.39 is 0 Å². The van der Waals surface area contributed by atoms with Crippen LogP contribution < -0.4 is 5.56 Å². The van der Waals surface area contributed by atoms with Crippen LogP contribution in [0.25, 0.3) is 11.3 Å². The number of thioether (sulfide) groups is 1. The summed E-state index contributed by atoms with van der Waals surface area (Å²) in [5.41, 5.74) is 5.11. The number of aromatic nitrogens is 2. The monoisotopic (exact) mass is 482 g/mol. The molecule has 0 bridgehead atoms. The first-order valence-electron chi connectivity index (χ1n) is 10.9. The Hall–Kier alpha value is -2.01. The predicted molar refractivity (Wildman–Crippen MR) is 134 cm³/mol. The predicted octanol–water partition coefficient (Wildman–Crippen LogP) is 7.06. The maximum atomic E-state index is 13.9. The highest BCUT2D eigenvalue weighted by Gasteiger charge is 2.44. The number of halogens is 2. The van der Waals surface area contributed by atoms with E-state index in [4.69, 9.17) is 28.2 Å². The summed E-state index contributed by atoms with van der Waals surface area (Å²) < 4.78 is 1.79. The van der Waals surface area contributed by atoms with Gasteiger partial charge in [-0.05, 0) is 42.5 Å². The summed E-state index contributed by atoms with van der Waals surface area (Å²) in [7, 11) is 0. The highest BCUT2D eigenvalue weighted by molar-refractivity contribution is 7.98. The van der Waals surface area contributed by atoms with Crippen molar-refractivity contribution in [1.29, 1.82) is 0 Å². The summed E-state index contributed by atoms with van der Waals surface area (Å²) in [4.78, 5) is 19.1. The molecule has 164 valence electrons. The van der Waals surface area contributed by atoms with Gasteiger partial charge in [0.1, 0.15) is 0 Å². The van der Waals surface area contributed by atoms with Gasteiger partial charge in [-0.15, -0.1) is 6.58 Å². The van der Waals surface area contributed by atoms with Crippen molar-refractivity contribution in [3.63, 3.8) is 0 Å². The molecule has 0 radical (unpaired) electrons. The molecule has 6 heteroatoms. The van der Waals surface area contributed by atoms with Crippen molar-refractivity contribution in [2.24, 2.45) is 0 Å². The number of hydrogen-bond donors (Lipinski definition) is 0. The van der Waals surface area contributed by atoms with E-state index in [0.717, 1.165) is 54.5 Å². The summed E-state index contributed by atoms with van der Waals surface area (Å²) in [6, 6.07) is 13.9. The molecule has 0 unspecified atom stereocenters. The molecule has 2 aromatic carbocycles. The van der Waals surface area contributed by atoms with Crippen molar-refractivity contribution < 1.29 is 0 Å². The minimum Gasteiger partial charge on any atom is -0.283 e.